The van der Waals surface area contributed by atoms with Gasteiger partial charge in [0.2, 0.25) is 5.82 Å². The Kier molecular flexibility index (Phi) is 5.85. The van der Waals surface area contributed by atoms with Crippen molar-refractivity contribution in [3.8, 4) is 5.75 Å². The molecule has 1 atom stereocenters. The number of ether oxygens (including phenoxy) is 1. The second-order valence-corrected chi connectivity index (χ2v) is 8.90. The fraction of sp³-hybridized carbons (Fsp3) is 0.667. The zero-order chi connectivity index (χ0) is 18.8. The van der Waals surface area contributed by atoms with E-state index in [1.165, 1.54) is 44.9 Å². The SMILES string of the molecule is CCOc1ccc(C2=CCC(C3CCC(CC4CC4)CC3)CC2)c(F)c1F. The van der Waals surface area contributed by atoms with Crippen molar-refractivity contribution < 1.29 is 13.5 Å². The van der Waals surface area contributed by atoms with E-state index in [-0.39, 0.29) is 5.75 Å². The van der Waals surface area contributed by atoms with Gasteiger partial charge in [0.1, 0.15) is 0 Å². The first-order valence-corrected chi connectivity index (χ1v) is 11.0. The molecule has 0 spiro atoms. The number of benzene rings is 1. The molecule has 0 radical (unpaired) electrons. The van der Waals surface area contributed by atoms with E-state index in [2.05, 4.69) is 6.08 Å². The van der Waals surface area contributed by atoms with Crippen LogP contribution >= 0.6 is 0 Å². The lowest BCUT2D eigenvalue weighted by atomic mass is 9.70. The van der Waals surface area contributed by atoms with Crippen LogP contribution in [0.25, 0.3) is 5.57 Å². The van der Waals surface area contributed by atoms with E-state index >= 15 is 0 Å². The first kappa shape index (κ1) is 19.0. The Balaban J connectivity index is 1.35. The van der Waals surface area contributed by atoms with E-state index < -0.39 is 11.6 Å². The third-order valence-corrected chi connectivity index (χ3v) is 7.07. The molecule has 3 heteroatoms. The zero-order valence-corrected chi connectivity index (χ0v) is 16.5. The Morgan fingerprint density at radius 1 is 0.889 bits per heavy atom. The van der Waals surface area contributed by atoms with E-state index in [0.29, 0.717) is 12.2 Å². The largest absolute Gasteiger partial charge is 0.491 e. The van der Waals surface area contributed by atoms with E-state index in [9.17, 15) is 8.78 Å². The summed E-state index contributed by atoms with van der Waals surface area (Å²) >= 11 is 0. The molecule has 1 aromatic rings. The predicted molar refractivity (Wildman–Crippen MR) is 106 cm³/mol. The standard InChI is InChI=1S/C24H32F2O/c1-2-27-22-14-13-21(23(25)24(22)26)20-11-9-19(10-12-20)18-7-5-17(6-8-18)15-16-3-4-16/h11,13-14,16-19H,2-10,12,15H2,1H3. The maximum Gasteiger partial charge on any atom is 0.201 e. The highest BCUT2D eigenvalue weighted by Gasteiger charge is 2.32. The summed E-state index contributed by atoms with van der Waals surface area (Å²) in [6.07, 6.45) is 15.1. The average Bonchev–Trinajstić information content (AvgIpc) is 3.51. The minimum atomic E-state index is -0.855. The van der Waals surface area contributed by atoms with Crippen LogP contribution in [0.4, 0.5) is 8.78 Å². The van der Waals surface area contributed by atoms with Gasteiger partial charge < -0.3 is 4.74 Å². The normalized spacial score (nSPS) is 28.7. The van der Waals surface area contributed by atoms with Gasteiger partial charge in [-0.05, 0) is 86.8 Å². The topological polar surface area (TPSA) is 9.23 Å². The lowest BCUT2D eigenvalue weighted by Crippen LogP contribution is -2.23. The Morgan fingerprint density at radius 3 is 2.19 bits per heavy atom. The number of hydrogen-bond donors (Lipinski definition) is 0. The Labute approximate surface area is 162 Å². The van der Waals surface area contributed by atoms with Crippen molar-refractivity contribution in [1.29, 1.82) is 0 Å². The monoisotopic (exact) mass is 374 g/mol. The van der Waals surface area contributed by atoms with E-state index in [1.54, 1.807) is 19.1 Å². The van der Waals surface area contributed by atoms with Gasteiger partial charge in [-0.1, -0.05) is 31.8 Å². The Bertz CT molecular complexity index is 684. The molecule has 0 amide bonds. The molecule has 148 valence electrons. The number of allylic oxidation sites excluding steroid dienone is 2. The molecule has 0 heterocycles. The van der Waals surface area contributed by atoms with Crippen molar-refractivity contribution in [3.05, 3.63) is 35.4 Å². The van der Waals surface area contributed by atoms with Crippen LogP contribution in [0.2, 0.25) is 0 Å². The average molecular weight is 375 g/mol. The molecule has 0 saturated heterocycles. The maximum atomic E-state index is 14.5. The lowest BCUT2D eigenvalue weighted by Gasteiger charge is -2.35. The fourth-order valence-corrected chi connectivity index (χ4v) is 5.29. The van der Waals surface area contributed by atoms with Gasteiger partial charge in [0.15, 0.2) is 11.6 Å². The Morgan fingerprint density at radius 2 is 1.59 bits per heavy atom. The molecule has 2 saturated carbocycles. The lowest BCUT2D eigenvalue weighted by molar-refractivity contribution is 0.186. The first-order chi connectivity index (χ1) is 13.2. The first-order valence-electron chi connectivity index (χ1n) is 11.0. The summed E-state index contributed by atoms with van der Waals surface area (Å²) in [5, 5.41) is 0. The third-order valence-electron chi connectivity index (χ3n) is 7.07. The molecule has 1 nitrogen and oxygen atoms in total. The molecule has 4 rings (SSSR count). The van der Waals surface area contributed by atoms with E-state index in [4.69, 9.17) is 4.74 Å². The van der Waals surface area contributed by atoms with Crippen molar-refractivity contribution in [1.82, 2.24) is 0 Å². The molecule has 1 aromatic carbocycles. The molecule has 27 heavy (non-hydrogen) atoms. The van der Waals surface area contributed by atoms with Crippen molar-refractivity contribution in [3.63, 3.8) is 0 Å². The highest BCUT2D eigenvalue weighted by Crippen LogP contribution is 2.45. The molecular formula is C24H32F2O. The molecule has 0 N–H and O–H groups in total. The van der Waals surface area contributed by atoms with Crippen LogP contribution in [-0.4, -0.2) is 6.61 Å². The van der Waals surface area contributed by atoms with Crippen LogP contribution in [0.5, 0.6) is 5.75 Å². The number of rotatable bonds is 6. The van der Waals surface area contributed by atoms with Crippen molar-refractivity contribution in [2.24, 2.45) is 23.7 Å². The summed E-state index contributed by atoms with van der Waals surface area (Å²) in [5.74, 6) is 1.99. The second-order valence-electron chi connectivity index (χ2n) is 8.90. The number of hydrogen-bond acceptors (Lipinski definition) is 1. The molecule has 0 aromatic heterocycles. The van der Waals surface area contributed by atoms with Gasteiger partial charge in [0.25, 0.3) is 0 Å². The van der Waals surface area contributed by atoms with Crippen LogP contribution < -0.4 is 4.74 Å². The van der Waals surface area contributed by atoms with Gasteiger partial charge >= 0.3 is 0 Å². The van der Waals surface area contributed by atoms with Crippen molar-refractivity contribution >= 4 is 5.57 Å². The molecule has 3 aliphatic carbocycles. The quantitative estimate of drug-likeness (QED) is 0.513. The van der Waals surface area contributed by atoms with Crippen LogP contribution in [0, 0.1) is 35.3 Å². The fourth-order valence-electron chi connectivity index (χ4n) is 5.29. The van der Waals surface area contributed by atoms with Gasteiger partial charge in [-0.3, -0.25) is 0 Å². The van der Waals surface area contributed by atoms with Crippen molar-refractivity contribution in [2.75, 3.05) is 6.61 Å². The molecular weight excluding hydrogens is 342 g/mol. The third kappa shape index (κ3) is 4.38. The highest BCUT2D eigenvalue weighted by molar-refractivity contribution is 5.67. The molecule has 0 bridgehead atoms. The van der Waals surface area contributed by atoms with Gasteiger partial charge in [-0.25, -0.2) is 4.39 Å². The summed E-state index contributed by atoms with van der Waals surface area (Å²) in [7, 11) is 0. The van der Waals surface area contributed by atoms with Crippen LogP contribution in [-0.2, 0) is 0 Å². The summed E-state index contributed by atoms with van der Waals surface area (Å²) in [5.41, 5.74) is 1.38. The summed E-state index contributed by atoms with van der Waals surface area (Å²) in [4.78, 5) is 0. The van der Waals surface area contributed by atoms with Crippen LogP contribution in [0.15, 0.2) is 18.2 Å². The highest BCUT2D eigenvalue weighted by atomic mass is 19.2. The molecule has 2 fully saturated rings. The summed E-state index contributed by atoms with van der Waals surface area (Å²) < 4.78 is 33.8. The summed E-state index contributed by atoms with van der Waals surface area (Å²) in [6, 6.07) is 3.24. The van der Waals surface area contributed by atoms with Gasteiger partial charge in [0, 0.05) is 5.56 Å². The van der Waals surface area contributed by atoms with Crippen LogP contribution in [0.3, 0.4) is 0 Å². The van der Waals surface area contributed by atoms with Crippen LogP contribution in [0.1, 0.15) is 76.7 Å². The zero-order valence-electron chi connectivity index (χ0n) is 16.5. The van der Waals surface area contributed by atoms with Crippen molar-refractivity contribution in [2.45, 2.75) is 71.1 Å². The molecule has 1 unspecified atom stereocenters. The van der Waals surface area contributed by atoms with E-state index in [0.717, 1.165) is 48.5 Å². The number of halogens is 2. The smallest absolute Gasteiger partial charge is 0.201 e. The maximum absolute atomic E-state index is 14.5. The molecule has 3 aliphatic rings. The minimum absolute atomic E-state index is 0.0102. The minimum Gasteiger partial charge on any atom is -0.491 e. The van der Waals surface area contributed by atoms with E-state index in [1.807, 2.05) is 0 Å². The Hall–Kier alpha value is -1.38. The predicted octanol–water partition coefficient (Wildman–Crippen LogP) is 7.15. The van der Waals surface area contributed by atoms with Gasteiger partial charge in [-0.2, -0.15) is 4.39 Å². The van der Waals surface area contributed by atoms with Gasteiger partial charge in [0.05, 0.1) is 6.61 Å². The van der Waals surface area contributed by atoms with Gasteiger partial charge in [-0.15, -0.1) is 0 Å². The second kappa shape index (κ2) is 8.32. The summed E-state index contributed by atoms with van der Waals surface area (Å²) in [6.45, 7) is 2.11. The molecule has 0 aliphatic heterocycles.